The number of likely N-dealkylation sites (N-methyl/N-ethyl adjacent to an activating group) is 1. The van der Waals surface area contributed by atoms with Crippen LogP contribution in [0.25, 0.3) is 0 Å². The summed E-state index contributed by atoms with van der Waals surface area (Å²) in [6, 6.07) is 6.25. The number of aromatic nitrogens is 1. The fourth-order valence-corrected chi connectivity index (χ4v) is 3.80. The van der Waals surface area contributed by atoms with E-state index in [0.29, 0.717) is 5.92 Å². The predicted octanol–water partition coefficient (Wildman–Crippen LogP) is 2.98. The molecule has 0 bridgehead atoms. The molecule has 3 heteroatoms. The lowest BCUT2D eigenvalue weighted by molar-refractivity contribution is 0.0121. The van der Waals surface area contributed by atoms with Crippen LogP contribution in [0.5, 0.6) is 0 Å². The molecule has 1 aliphatic carbocycles. The zero-order valence-electron chi connectivity index (χ0n) is 13.4. The van der Waals surface area contributed by atoms with Crippen LogP contribution in [-0.4, -0.2) is 29.0 Å². The van der Waals surface area contributed by atoms with Gasteiger partial charge in [-0.1, -0.05) is 19.9 Å². The fourth-order valence-electron chi connectivity index (χ4n) is 3.80. The van der Waals surface area contributed by atoms with Gasteiger partial charge in [0.15, 0.2) is 0 Å². The smallest absolute Gasteiger partial charge is 0.0547 e. The van der Waals surface area contributed by atoms with E-state index in [9.17, 15) is 0 Å². The predicted molar refractivity (Wildman–Crippen MR) is 84.4 cm³/mol. The minimum absolute atomic E-state index is 0.137. The summed E-state index contributed by atoms with van der Waals surface area (Å²) in [6.07, 6.45) is 3.77. The number of nitrogens with two attached hydrogens (primary N) is 1. The molecule has 1 aromatic heterocycles. The van der Waals surface area contributed by atoms with E-state index in [-0.39, 0.29) is 5.54 Å². The van der Waals surface area contributed by atoms with Gasteiger partial charge in [-0.2, -0.15) is 0 Å². The van der Waals surface area contributed by atoms with Crippen LogP contribution in [0, 0.1) is 18.8 Å². The molecule has 0 spiro atoms. The van der Waals surface area contributed by atoms with Crippen LogP contribution < -0.4 is 5.73 Å². The van der Waals surface area contributed by atoms with Gasteiger partial charge < -0.3 is 5.73 Å². The maximum atomic E-state index is 6.20. The lowest BCUT2D eigenvalue weighted by Gasteiger charge is -2.50. The van der Waals surface area contributed by atoms with Gasteiger partial charge in [-0.15, -0.1) is 0 Å². The van der Waals surface area contributed by atoms with E-state index in [1.54, 1.807) is 0 Å². The molecule has 2 N–H and O–H groups in total. The highest BCUT2D eigenvalue weighted by Crippen LogP contribution is 2.40. The van der Waals surface area contributed by atoms with Gasteiger partial charge in [0.1, 0.15) is 0 Å². The molecular weight excluding hydrogens is 246 g/mol. The van der Waals surface area contributed by atoms with Crippen LogP contribution in [0.15, 0.2) is 18.2 Å². The van der Waals surface area contributed by atoms with Crippen molar-refractivity contribution in [2.24, 2.45) is 17.6 Å². The molecule has 112 valence electrons. The van der Waals surface area contributed by atoms with Gasteiger partial charge in [-0.25, -0.2) is 0 Å². The number of aryl methyl sites for hydroxylation is 1. The number of hydrogen-bond acceptors (Lipinski definition) is 3. The molecule has 0 amide bonds. The maximum absolute atomic E-state index is 6.20. The van der Waals surface area contributed by atoms with E-state index >= 15 is 0 Å². The summed E-state index contributed by atoms with van der Waals surface area (Å²) in [5.41, 5.74) is 8.56. The summed E-state index contributed by atoms with van der Waals surface area (Å²) in [7, 11) is 2.21. The molecule has 1 aliphatic rings. The topological polar surface area (TPSA) is 42.1 Å². The van der Waals surface area contributed by atoms with Crippen LogP contribution in [0.1, 0.15) is 44.5 Å². The number of hydrogen-bond donors (Lipinski definition) is 1. The molecule has 1 fully saturated rings. The fraction of sp³-hybridized carbons (Fsp3) is 0.706. The Morgan fingerprint density at radius 2 is 2.15 bits per heavy atom. The molecule has 1 aromatic rings. The second-order valence-electron chi connectivity index (χ2n) is 6.71. The second-order valence-corrected chi connectivity index (χ2v) is 6.71. The molecule has 0 radical (unpaired) electrons. The van der Waals surface area contributed by atoms with E-state index in [2.05, 4.69) is 42.9 Å². The highest BCUT2D eigenvalue weighted by molar-refractivity contribution is 5.11. The third kappa shape index (κ3) is 3.04. The van der Waals surface area contributed by atoms with Crippen LogP contribution in [0.4, 0.5) is 0 Å². The van der Waals surface area contributed by atoms with Crippen LogP contribution >= 0.6 is 0 Å². The summed E-state index contributed by atoms with van der Waals surface area (Å²) in [6.45, 7) is 8.40. The average molecular weight is 275 g/mol. The Balaban J connectivity index is 2.14. The SMILES string of the molecule is Cc1cccc(CN(C)C2(CN)CCC(C)CC2C)n1. The molecule has 3 unspecified atom stereocenters. The summed E-state index contributed by atoms with van der Waals surface area (Å²) in [4.78, 5) is 7.08. The summed E-state index contributed by atoms with van der Waals surface area (Å²) in [5.74, 6) is 1.47. The Labute approximate surface area is 123 Å². The molecule has 1 saturated carbocycles. The Morgan fingerprint density at radius 3 is 2.75 bits per heavy atom. The summed E-state index contributed by atoms with van der Waals surface area (Å²) < 4.78 is 0. The van der Waals surface area contributed by atoms with E-state index in [1.807, 2.05) is 13.0 Å². The van der Waals surface area contributed by atoms with E-state index in [4.69, 9.17) is 5.73 Å². The Hall–Kier alpha value is -0.930. The number of pyridine rings is 1. The number of nitrogens with zero attached hydrogens (tertiary/aromatic N) is 2. The van der Waals surface area contributed by atoms with Crippen molar-refractivity contribution in [3.63, 3.8) is 0 Å². The lowest BCUT2D eigenvalue weighted by Crippen LogP contribution is -2.58. The molecule has 2 rings (SSSR count). The molecule has 0 aliphatic heterocycles. The first kappa shape index (κ1) is 15.5. The second kappa shape index (κ2) is 6.23. The monoisotopic (exact) mass is 275 g/mol. The van der Waals surface area contributed by atoms with Gasteiger partial charge in [0.2, 0.25) is 0 Å². The number of rotatable bonds is 4. The zero-order valence-corrected chi connectivity index (χ0v) is 13.4. The zero-order chi connectivity index (χ0) is 14.8. The minimum atomic E-state index is 0.137. The van der Waals surface area contributed by atoms with Crippen LogP contribution in [0.3, 0.4) is 0 Å². The van der Waals surface area contributed by atoms with Crippen molar-refractivity contribution in [3.8, 4) is 0 Å². The van der Waals surface area contributed by atoms with Crippen LogP contribution in [0.2, 0.25) is 0 Å². The largest absolute Gasteiger partial charge is 0.329 e. The first-order chi connectivity index (χ1) is 9.48. The van der Waals surface area contributed by atoms with Gasteiger partial charge in [-0.3, -0.25) is 9.88 Å². The van der Waals surface area contributed by atoms with E-state index < -0.39 is 0 Å². The third-order valence-electron chi connectivity index (χ3n) is 5.20. The van der Waals surface area contributed by atoms with Crippen molar-refractivity contribution < 1.29 is 0 Å². The highest BCUT2D eigenvalue weighted by Gasteiger charge is 2.42. The molecule has 0 saturated heterocycles. The van der Waals surface area contributed by atoms with Crippen molar-refractivity contribution in [2.45, 2.75) is 52.1 Å². The van der Waals surface area contributed by atoms with Crippen LogP contribution in [-0.2, 0) is 6.54 Å². The van der Waals surface area contributed by atoms with Crippen molar-refractivity contribution in [2.75, 3.05) is 13.6 Å². The van der Waals surface area contributed by atoms with Crippen molar-refractivity contribution in [1.82, 2.24) is 9.88 Å². The van der Waals surface area contributed by atoms with Gasteiger partial charge in [-0.05, 0) is 57.2 Å². The molecule has 3 atom stereocenters. The normalized spacial score (nSPS) is 30.7. The minimum Gasteiger partial charge on any atom is -0.329 e. The average Bonchev–Trinajstić information content (AvgIpc) is 2.39. The third-order valence-corrected chi connectivity index (χ3v) is 5.20. The molecule has 3 nitrogen and oxygen atoms in total. The Bertz CT molecular complexity index is 446. The lowest BCUT2D eigenvalue weighted by atomic mass is 9.69. The van der Waals surface area contributed by atoms with E-state index in [1.165, 1.54) is 19.3 Å². The molecule has 20 heavy (non-hydrogen) atoms. The first-order valence-electron chi connectivity index (χ1n) is 7.82. The first-order valence-corrected chi connectivity index (χ1v) is 7.82. The highest BCUT2D eigenvalue weighted by atomic mass is 15.2. The maximum Gasteiger partial charge on any atom is 0.0547 e. The van der Waals surface area contributed by atoms with Gasteiger partial charge in [0.05, 0.1) is 5.69 Å². The standard InChI is InChI=1S/C17H29N3/c1-13-8-9-17(12-18,14(2)10-13)20(4)11-16-7-5-6-15(3)19-16/h5-7,13-14H,8-12,18H2,1-4H3. The van der Waals surface area contributed by atoms with Crippen molar-refractivity contribution in [1.29, 1.82) is 0 Å². The van der Waals surface area contributed by atoms with Gasteiger partial charge in [0, 0.05) is 24.3 Å². The molecule has 1 heterocycles. The Kier molecular flexibility index (Phi) is 4.82. The van der Waals surface area contributed by atoms with E-state index in [0.717, 1.165) is 30.4 Å². The summed E-state index contributed by atoms with van der Waals surface area (Å²) in [5, 5.41) is 0. The molecule has 0 aromatic carbocycles. The van der Waals surface area contributed by atoms with Crippen molar-refractivity contribution in [3.05, 3.63) is 29.6 Å². The quantitative estimate of drug-likeness (QED) is 0.918. The molecular formula is C17H29N3. The van der Waals surface area contributed by atoms with Gasteiger partial charge in [0.25, 0.3) is 0 Å². The Morgan fingerprint density at radius 1 is 1.40 bits per heavy atom. The van der Waals surface area contributed by atoms with Gasteiger partial charge >= 0.3 is 0 Å². The summed E-state index contributed by atoms with van der Waals surface area (Å²) >= 11 is 0. The van der Waals surface area contributed by atoms with Crippen molar-refractivity contribution >= 4 is 0 Å².